The first-order chi connectivity index (χ1) is 8.20. The first-order valence-electron chi connectivity index (χ1n) is 5.40. The Bertz CT molecular complexity index is 516. The molecule has 1 aromatic heterocycles. The number of carbonyl (C=O) groups is 1. The van der Waals surface area contributed by atoms with Gasteiger partial charge < -0.3 is 4.42 Å². The molecule has 0 aliphatic rings. The molecule has 0 unspecified atom stereocenters. The largest absolute Gasteiger partial charge is 0.447 e. The molecule has 0 spiro atoms. The minimum Gasteiger partial charge on any atom is -0.447 e. The van der Waals surface area contributed by atoms with Crippen molar-refractivity contribution in [3.05, 3.63) is 53.5 Å². The van der Waals surface area contributed by atoms with Gasteiger partial charge in [0.05, 0.1) is 0 Å². The Morgan fingerprint density at radius 2 is 2.06 bits per heavy atom. The van der Waals surface area contributed by atoms with Gasteiger partial charge in [-0.3, -0.25) is 4.79 Å². The van der Waals surface area contributed by atoms with Crippen LogP contribution in [-0.4, -0.2) is 10.8 Å². The van der Waals surface area contributed by atoms with Crippen LogP contribution in [0.3, 0.4) is 0 Å². The molecule has 0 fully saturated rings. The lowest BCUT2D eigenvalue weighted by Crippen LogP contribution is -2.01. The third-order valence-corrected chi connectivity index (χ3v) is 2.50. The van der Waals surface area contributed by atoms with E-state index in [4.69, 9.17) is 4.42 Å². The molecule has 0 saturated carbocycles. The lowest BCUT2D eigenvalue weighted by atomic mass is 10.1. The Kier molecular flexibility index (Phi) is 3.32. The summed E-state index contributed by atoms with van der Waals surface area (Å²) in [6, 6.07) is 6.09. The van der Waals surface area contributed by atoms with Crippen LogP contribution < -0.4 is 0 Å². The Morgan fingerprint density at radius 3 is 2.71 bits per heavy atom. The van der Waals surface area contributed by atoms with Crippen LogP contribution in [0, 0.1) is 5.82 Å². The van der Waals surface area contributed by atoms with E-state index in [9.17, 15) is 9.18 Å². The first-order valence-corrected chi connectivity index (χ1v) is 5.40. The number of benzene rings is 1. The van der Waals surface area contributed by atoms with E-state index in [1.807, 2.05) is 0 Å². The maximum Gasteiger partial charge on any atom is 0.184 e. The molecule has 0 aliphatic heterocycles. The first kappa shape index (κ1) is 11.5. The van der Waals surface area contributed by atoms with Crippen LogP contribution in [0.2, 0.25) is 0 Å². The normalized spacial score (nSPS) is 10.5. The Balaban J connectivity index is 2.21. The van der Waals surface area contributed by atoms with Crippen molar-refractivity contribution in [1.29, 1.82) is 0 Å². The monoisotopic (exact) mass is 233 g/mol. The zero-order chi connectivity index (χ0) is 12.3. The number of halogens is 1. The summed E-state index contributed by atoms with van der Waals surface area (Å²) in [6.07, 6.45) is 2.10. The summed E-state index contributed by atoms with van der Waals surface area (Å²) in [5.74, 6) is 0.204. The third kappa shape index (κ3) is 2.58. The molecule has 0 saturated heterocycles. The van der Waals surface area contributed by atoms with E-state index in [2.05, 4.69) is 4.98 Å². The minimum absolute atomic E-state index is 0.0455. The van der Waals surface area contributed by atoms with Crippen LogP contribution in [0.5, 0.6) is 0 Å². The van der Waals surface area contributed by atoms with Gasteiger partial charge in [-0.2, -0.15) is 0 Å². The molecule has 0 bridgehead atoms. The van der Waals surface area contributed by atoms with E-state index < -0.39 is 0 Å². The van der Waals surface area contributed by atoms with Crippen LogP contribution in [-0.2, 0) is 6.42 Å². The molecule has 1 heterocycles. The summed E-state index contributed by atoms with van der Waals surface area (Å²) in [7, 11) is 0. The highest BCUT2D eigenvalue weighted by atomic mass is 19.1. The molecule has 0 atom stereocenters. The number of hydrogen-bond acceptors (Lipinski definition) is 3. The molecular weight excluding hydrogens is 221 g/mol. The second-order valence-electron chi connectivity index (χ2n) is 3.70. The molecule has 1 aromatic carbocycles. The second-order valence-corrected chi connectivity index (χ2v) is 3.70. The van der Waals surface area contributed by atoms with Gasteiger partial charge in [0.25, 0.3) is 0 Å². The summed E-state index contributed by atoms with van der Waals surface area (Å²) in [5.41, 5.74) is 1.25. The van der Waals surface area contributed by atoms with E-state index in [1.165, 1.54) is 18.5 Å². The van der Waals surface area contributed by atoms with Crippen molar-refractivity contribution in [2.45, 2.75) is 19.8 Å². The fourth-order valence-corrected chi connectivity index (χ4v) is 1.58. The highest BCUT2D eigenvalue weighted by Crippen LogP contribution is 2.15. The molecule has 2 aromatic rings. The summed E-state index contributed by atoms with van der Waals surface area (Å²) in [5, 5.41) is 0. The van der Waals surface area contributed by atoms with Gasteiger partial charge in [-0.05, 0) is 17.7 Å². The summed E-state index contributed by atoms with van der Waals surface area (Å²) in [6.45, 7) is 1.78. The van der Waals surface area contributed by atoms with E-state index >= 15 is 0 Å². The van der Waals surface area contributed by atoms with Gasteiger partial charge >= 0.3 is 0 Å². The molecule has 2 rings (SSSR count). The summed E-state index contributed by atoms with van der Waals surface area (Å²) >= 11 is 0. The van der Waals surface area contributed by atoms with Gasteiger partial charge in [0.1, 0.15) is 17.3 Å². The zero-order valence-corrected chi connectivity index (χ0v) is 9.44. The standard InChI is InChI=1S/C13H12FNO2/c1-2-11(16)13-12(17-8-15-13)7-9-3-5-10(14)6-4-9/h3-6,8H,2,7H2,1H3. The van der Waals surface area contributed by atoms with Crippen molar-refractivity contribution in [2.24, 2.45) is 0 Å². The second kappa shape index (κ2) is 4.91. The molecule has 0 aliphatic carbocycles. The Hall–Kier alpha value is -1.97. The number of Topliss-reactive ketones (excluding diaryl/α,β-unsaturated/α-hetero) is 1. The number of aromatic nitrogens is 1. The van der Waals surface area contributed by atoms with E-state index in [0.29, 0.717) is 24.3 Å². The average Bonchev–Trinajstić information content (AvgIpc) is 2.79. The van der Waals surface area contributed by atoms with Crippen molar-refractivity contribution in [1.82, 2.24) is 4.98 Å². The molecule has 3 nitrogen and oxygen atoms in total. The highest BCUT2D eigenvalue weighted by Gasteiger charge is 2.15. The van der Waals surface area contributed by atoms with Gasteiger partial charge in [0, 0.05) is 12.8 Å². The lowest BCUT2D eigenvalue weighted by Gasteiger charge is -2.00. The predicted octanol–water partition coefficient (Wildman–Crippen LogP) is 3.00. The van der Waals surface area contributed by atoms with Crippen LogP contribution in [0.1, 0.15) is 35.2 Å². The fourth-order valence-electron chi connectivity index (χ4n) is 1.58. The number of hydrogen-bond donors (Lipinski definition) is 0. The van der Waals surface area contributed by atoms with Crippen LogP contribution >= 0.6 is 0 Å². The van der Waals surface area contributed by atoms with Gasteiger partial charge in [-0.15, -0.1) is 0 Å². The summed E-state index contributed by atoms with van der Waals surface area (Å²) < 4.78 is 17.9. The fraction of sp³-hybridized carbons (Fsp3) is 0.231. The molecule has 0 radical (unpaired) electrons. The predicted molar refractivity (Wildman–Crippen MR) is 60.3 cm³/mol. The minimum atomic E-state index is -0.281. The molecule has 0 amide bonds. The maximum atomic E-state index is 12.7. The van der Waals surface area contributed by atoms with E-state index in [1.54, 1.807) is 19.1 Å². The zero-order valence-electron chi connectivity index (χ0n) is 9.44. The van der Waals surface area contributed by atoms with Gasteiger partial charge in [-0.1, -0.05) is 19.1 Å². The van der Waals surface area contributed by atoms with Gasteiger partial charge in [0.2, 0.25) is 0 Å². The molecule has 4 heteroatoms. The maximum absolute atomic E-state index is 12.7. The quantitative estimate of drug-likeness (QED) is 0.762. The number of oxazole rings is 1. The van der Waals surface area contributed by atoms with Crippen LogP contribution in [0.25, 0.3) is 0 Å². The third-order valence-electron chi connectivity index (χ3n) is 2.50. The van der Waals surface area contributed by atoms with Crippen molar-refractivity contribution in [3.8, 4) is 0 Å². The van der Waals surface area contributed by atoms with E-state index in [-0.39, 0.29) is 11.6 Å². The van der Waals surface area contributed by atoms with E-state index in [0.717, 1.165) is 5.56 Å². The number of nitrogens with zero attached hydrogens (tertiary/aromatic N) is 1. The van der Waals surface area contributed by atoms with Gasteiger partial charge in [-0.25, -0.2) is 9.37 Å². The molecule has 88 valence electrons. The molecule has 17 heavy (non-hydrogen) atoms. The summed E-state index contributed by atoms with van der Waals surface area (Å²) in [4.78, 5) is 15.5. The van der Waals surface area contributed by atoms with Crippen LogP contribution in [0.15, 0.2) is 35.1 Å². The van der Waals surface area contributed by atoms with Crippen molar-refractivity contribution >= 4 is 5.78 Å². The van der Waals surface area contributed by atoms with Gasteiger partial charge in [0.15, 0.2) is 12.2 Å². The smallest absolute Gasteiger partial charge is 0.184 e. The van der Waals surface area contributed by atoms with Crippen molar-refractivity contribution in [3.63, 3.8) is 0 Å². The average molecular weight is 233 g/mol. The van der Waals surface area contributed by atoms with Crippen LogP contribution in [0.4, 0.5) is 4.39 Å². The Labute approximate surface area is 98.3 Å². The molecule has 0 N–H and O–H groups in total. The number of rotatable bonds is 4. The highest BCUT2D eigenvalue weighted by molar-refractivity contribution is 5.94. The topological polar surface area (TPSA) is 43.1 Å². The Morgan fingerprint density at radius 1 is 1.35 bits per heavy atom. The number of carbonyl (C=O) groups excluding carboxylic acids is 1. The van der Waals surface area contributed by atoms with Crippen molar-refractivity contribution in [2.75, 3.05) is 0 Å². The SMILES string of the molecule is CCC(=O)c1ncoc1Cc1ccc(F)cc1. The van der Waals surface area contributed by atoms with Crippen molar-refractivity contribution < 1.29 is 13.6 Å². The lowest BCUT2D eigenvalue weighted by molar-refractivity contribution is 0.0982. The number of ketones is 1. The molecular formula is C13H12FNO2.